The Morgan fingerprint density at radius 3 is 2.42 bits per heavy atom. The standard InChI is InChI=1S/C22H23N3O6/c1-5-31-21(27)18-19(12-10-16(29-3)17(30-4)11-15(12)28-2)25-14-9-7-6-8-13(14)23-22(25)24-20(18)26/h6-11,18-19H,5H2,1-4H3,(H,23,24,26)/t18-,19-/m0/s1. The number of anilines is 1. The third-order valence-electron chi connectivity index (χ3n) is 5.30. The predicted octanol–water partition coefficient (Wildman–Crippen LogP) is 2.78. The summed E-state index contributed by atoms with van der Waals surface area (Å²) in [4.78, 5) is 30.5. The normalized spacial score (nSPS) is 17.6. The first kappa shape index (κ1) is 20.5. The van der Waals surface area contributed by atoms with Crippen LogP contribution in [0.4, 0.5) is 5.95 Å². The van der Waals surface area contributed by atoms with E-state index in [2.05, 4.69) is 10.3 Å². The van der Waals surface area contributed by atoms with Gasteiger partial charge in [-0.2, -0.15) is 0 Å². The minimum atomic E-state index is -1.16. The number of amides is 1. The largest absolute Gasteiger partial charge is 0.496 e. The third kappa shape index (κ3) is 3.31. The van der Waals surface area contributed by atoms with Gasteiger partial charge in [-0.15, -0.1) is 0 Å². The molecule has 1 aliphatic rings. The molecule has 1 aromatic heterocycles. The maximum absolute atomic E-state index is 13.0. The fraction of sp³-hybridized carbons (Fsp3) is 0.318. The van der Waals surface area contributed by atoms with E-state index < -0.39 is 23.8 Å². The summed E-state index contributed by atoms with van der Waals surface area (Å²) in [6, 6.07) is 10.1. The summed E-state index contributed by atoms with van der Waals surface area (Å²) >= 11 is 0. The number of esters is 1. The molecule has 0 unspecified atom stereocenters. The van der Waals surface area contributed by atoms with Crippen LogP contribution < -0.4 is 19.5 Å². The van der Waals surface area contributed by atoms with Crippen LogP contribution in [0.5, 0.6) is 17.2 Å². The Hall–Kier alpha value is -3.75. The van der Waals surface area contributed by atoms with E-state index in [1.165, 1.54) is 21.3 Å². The van der Waals surface area contributed by atoms with E-state index in [0.717, 1.165) is 5.52 Å². The highest BCUT2D eigenvalue weighted by atomic mass is 16.5. The van der Waals surface area contributed by atoms with Crippen molar-refractivity contribution in [2.75, 3.05) is 33.3 Å². The van der Waals surface area contributed by atoms with Crippen LogP contribution in [0.15, 0.2) is 36.4 Å². The smallest absolute Gasteiger partial charge is 0.321 e. The molecule has 1 N–H and O–H groups in total. The van der Waals surface area contributed by atoms with Crippen LogP contribution in [-0.4, -0.2) is 49.4 Å². The molecule has 1 amide bonds. The molecule has 162 valence electrons. The van der Waals surface area contributed by atoms with Crippen LogP contribution in [0.25, 0.3) is 11.0 Å². The van der Waals surface area contributed by atoms with Gasteiger partial charge in [0, 0.05) is 11.6 Å². The molecule has 2 atom stereocenters. The Balaban J connectivity index is 2.02. The number of imidazole rings is 1. The highest BCUT2D eigenvalue weighted by molar-refractivity contribution is 6.07. The average Bonchev–Trinajstić information content (AvgIpc) is 3.15. The van der Waals surface area contributed by atoms with Crippen molar-refractivity contribution in [1.82, 2.24) is 9.55 Å². The lowest BCUT2D eigenvalue weighted by Crippen LogP contribution is -2.43. The van der Waals surface area contributed by atoms with Gasteiger partial charge in [0.05, 0.1) is 45.0 Å². The maximum Gasteiger partial charge on any atom is 0.321 e. The van der Waals surface area contributed by atoms with Crippen LogP contribution in [0.3, 0.4) is 0 Å². The van der Waals surface area contributed by atoms with Crippen LogP contribution in [0, 0.1) is 5.92 Å². The van der Waals surface area contributed by atoms with E-state index >= 15 is 0 Å². The summed E-state index contributed by atoms with van der Waals surface area (Å²) < 4.78 is 23.5. The molecule has 9 nitrogen and oxygen atoms in total. The van der Waals surface area contributed by atoms with E-state index in [0.29, 0.717) is 34.3 Å². The zero-order valence-electron chi connectivity index (χ0n) is 17.7. The lowest BCUT2D eigenvalue weighted by atomic mass is 9.89. The number of hydrogen-bond donors (Lipinski definition) is 1. The molecule has 0 aliphatic carbocycles. The van der Waals surface area contributed by atoms with Gasteiger partial charge in [-0.25, -0.2) is 4.98 Å². The number of para-hydroxylation sites is 2. The van der Waals surface area contributed by atoms with Gasteiger partial charge in [0.2, 0.25) is 11.9 Å². The first-order valence-electron chi connectivity index (χ1n) is 9.78. The van der Waals surface area contributed by atoms with Gasteiger partial charge in [-0.1, -0.05) is 12.1 Å². The Morgan fingerprint density at radius 2 is 1.74 bits per heavy atom. The Labute approximate surface area is 178 Å². The van der Waals surface area contributed by atoms with Gasteiger partial charge in [0.1, 0.15) is 5.75 Å². The Morgan fingerprint density at radius 1 is 1.06 bits per heavy atom. The number of rotatable bonds is 6. The van der Waals surface area contributed by atoms with Crippen molar-refractivity contribution in [2.45, 2.75) is 13.0 Å². The molecule has 2 aromatic carbocycles. The number of nitrogens with one attached hydrogen (secondary N) is 1. The summed E-state index contributed by atoms with van der Waals surface area (Å²) in [5.74, 6) is -0.598. The van der Waals surface area contributed by atoms with Gasteiger partial charge >= 0.3 is 5.97 Å². The van der Waals surface area contributed by atoms with E-state index in [1.54, 1.807) is 19.1 Å². The molecule has 0 fully saturated rings. The zero-order valence-corrected chi connectivity index (χ0v) is 17.7. The number of carbonyl (C=O) groups excluding carboxylic acids is 2. The second-order valence-electron chi connectivity index (χ2n) is 6.91. The van der Waals surface area contributed by atoms with E-state index in [9.17, 15) is 9.59 Å². The number of benzene rings is 2. The van der Waals surface area contributed by atoms with Crippen LogP contribution >= 0.6 is 0 Å². The summed E-state index contributed by atoms with van der Waals surface area (Å²) in [5.41, 5.74) is 2.01. The van der Waals surface area contributed by atoms with Crippen molar-refractivity contribution in [2.24, 2.45) is 5.92 Å². The number of carbonyl (C=O) groups is 2. The Kier molecular flexibility index (Phi) is 5.41. The molecule has 2 heterocycles. The lowest BCUT2D eigenvalue weighted by Gasteiger charge is -2.33. The average molecular weight is 425 g/mol. The van der Waals surface area contributed by atoms with Gasteiger partial charge < -0.3 is 23.5 Å². The SMILES string of the molecule is CCOC(=O)[C@@H]1C(=O)Nc2nc3ccccc3n2[C@H]1c1cc(OC)c(OC)cc1OC. The number of aromatic nitrogens is 2. The predicted molar refractivity (Wildman–Crippen MR) is 113 cm³/mol. The first-order valence-corrected chi connectivity index (χ1v) is 9.78. The van der Waals surface area contributed by atoms with Crippen molar-refractivity contribution in [1.29, 1.82) is 0 Å². The number of methoxy groups -OCH3 is 3. The van der Waals surface area contributed by atoms with Gasteiger partial charge in [0.25, 0.3) is 0 Å². The fourth-order valence-corrected chi connectivity index (χ4v) is 3.97. The number of fused-ring (bicyclic) bond motifs is 3. The van der Waals surface area contributed by atoms with Crippen molar-refractivity contribution >= 4 is 28.9 Å². The molecule has 0 saturated carbocycles. The van der Waals surface area contributed by atoms with E-state index in [4.69, 9.17) is 18.9 Å². The molecule has 0 spiro atoms. The van der Waals surface area contributed by atoms with Crippen molar-refractivity contribution < 1.29 is 28.5 Å². The molecule has 9 heteroatoms. The van der Waals surface area contributed by atoms with Gasteiger partial charge in [-0.05, 0) is 25.1 Å². The first-order chi connectivity index (χ1) is 15.0. The van der Waals surface area contributed by atoms with E-state index in [1.807, 2.05) is 28.8 Å². The second kappa shape index (κ2) is 8.17. The molecular formula is C22H23N3O6. The minimum absolute atomic E-state index is 0.149. The van der Waals surface area contributed by atoms with Crippen molar-refractivity contribution in [3.63, 3.8) is 0 Å². The zero-order chi connectivity index (χ0) is 22.1. The van der Waals surface area contributed by atoms with Gasteiger partial charge in [-0.3, -0.25) is 14.9 Å². The number of nitrogens with zero attached hydrogens (tertiary/aromatic N) is 2. The molecule has 31 heavy (non-hydrogen) atoms. The van der Waals surface area contributed by atoms with Gasteiger partial charge in [0.15, 0.2) is 17.4 Å². The summed E-state index contributed by atoms with van der Waals surface area (Å²) in [6.07, 6.45) is 0. The van der Waals surface area contributed by atoms with Crippen LogP contribution in [0.1, 0.15) is 18.5 Å². The molecule has 4 rings (SSSR count). The molecule has 0 radical (unpaired) electrons. The monoisotopic (exact) mass is 425 g/mol. The second-order valence-corrected chi connectivity index (χ2v) is 6.91. The fourth-order valence-electron chi connectivity index (χ4n) is 3.97. The number of ether oxygens (including phenoxy) is 4. The molecular weight excluding hydrogens is 402 g/mol. The van der Waals surface area contributed by atoms with E-state index in [-0.39, 0.29) is 6.61 Å². The summed E-state index contributed by atoms with van der Waals surface area (Å²) in [6.45, 7) is 1.85. The number of hydrogen-bond acceptors (Lipinski definition) is 7. The lowest BCUT2D eigenvalue weighted by molar-refractivity contribution is -0.152. The topological polar surface area (TPSA) is 101 Å². The quantitative estimate of drug-likeness (QED) is 0.479. The summed E-state index contributed by atoms with van der Waals surface area (Å²) in [5, 5.41) is 2.74. The molecule has 3 aromatic rings. The minimum Gasteiger partial charge on any atom is -0.496 e. The highest BCUT2D eigenvalue weighted by Crippen LogP contribution is 2.45. The van der Waals surface area contributed by atoms with Crippen LogP contribution in [0.2, 0.25) is 0 Å². The molecule has 1 aliphatic heterocycles. The van der Waals surface area contributed by atoms with Crippen LogP contribution in [-0.2, 0) is 14.3 Å². The Bertz CT molecular complexity index is 1160. The summed E-state index contributed by atoms with van der Waals surface area (Å²) in [7, 11) is 4.55. The molecule has 0 saturated heterocycles. The van der Waals surface area contributed by atoms with Crippen molar-refractivity contribution in [3.8, 4) is 17.2 Å². The highest BCUT2D eigenvalue weighted by Gasteiger charge is 2.45. The molecule has 0 bridgehead atoms. The maximum atomic E-state index is 13.0. The van der Waals surface area contributed by atoms with Crippen molar-refractivity contribution in [3.05, 3.63) is 42.0 Å². The third-order valence-corrected chi connectivity index (χ3v) is 5.30.